The number of carbonyl (C=O) groups is 3. The third-order valence-electron chi connectivity index (χ3n) is 5.56. The number of carbonyl (C=O) groups excluding carboxylic acids is 3. The number of likely N-dealkylation sites (tertiary alicyclic amines) is 1. The van der Waals surface area contributed by atoms with Crippen LogP contribution in [0.25, 0.3) is 0 Å². The fourth-order valence-electron chi connectivity index (χ4n) is 3.74. The molecule has 0 aliphatic carbocycles. The zero-order valence-electron chi connectivity index (χ0n) is 17.3. The van der Waals surface area contributed by atoms with Crippen molar-refractivity contribution in [2.75, 3.05) is 13.1 Å². The minimum Gasteiger partial charge on any atom is -0.341 e. The van der Waals surface area contributed by atoms with Gasteiger partial charge in [-0.1, -0.05) is 44.2 Å². The molecule has 1 heterocycles. The van der Waals surface area contributed by atoms with Gasteiger partial charge in [0.25, 0.3) is 5.91 Å². The predicted molar refractivity (Wildman–Crippen MR) is 113 cm³/mol. The minimum absolute atomic E-state index is 0.0947. The highest BCUT2D eigenvalue weighted by molar-refractivity contribution is 5.99. The van der Waals surface area contributed by atoms with Gasteiger partial charge in [-0.25, -0.2) is 4.39 Å². The van der Waals surface area contributed by atoms with Gasteiger partial charge in [0.15, 0.2) is 5.78 Å². The second-order valence-electron chi connectivity index (χ2n) is 8.03. The SMILES string of the molecule is CC(C)[C@@H](NC(=O)c1ccc(F)cc1)C(=O)N1CCC(C(=O)c2ccccc2)CC1. The topological polar surface area (TPSA) is 66.5 Å². The van der Waals surface area contributed by atoms with Gasteiger partial charge in [0.2, 0.25) is 5.91 Å². The first-order chi connectivity index (χ1) is 14.4. The number of rotatable bonds is 6. The van der Waals surface area contributed by atoms with Crippen LogP contribution in [-0.2, 0) is 4.79 Å². The van der Waals surface area contributed by atoms with Crippen LogP contribution >= 0.6 is 0 Å². The van der Waals surface area contributed by atoms with E-state index in [1.807, 2.05) is 44.2 Å². The highest BCUT2D eigenvalue weighted by Crippen LogP contribution is 2.23. The van der Waals surface area contributed by atoms with Crippen molar-refractivity contribution in [3.63, 3.8) is 0 Å². The Morgan fingerprint density at radius 2 is 1.53 bits per heavy atom. The average molecular weight is 410 g/mol. The Morgan fingerprint density at radius 1 is 0.933 bits per heavy atom. The Labute approximate surface area is 176 Å². The zero-order chi connectivity index (χ0) is 21.7. The van der Waals surface area contributed by atoms with E-state index in [4.69, 9.17) is 0 Å². The summed E-state index contributed by atoms with van der Waals surface area (Å²) in [6.07, 6.45) is 1.21. The van der Waals surface area contributed by atoms with Gasteiger partial charge in [0, 0.05) is 30.1 Å². The summed E-state index contributed by atoms with van der Waals surface area (Å²) < 4.78 is 13.1. The molecule has 0 saturated carbocycles. The number of Topliss-reactive ketones (excluding diaryl/α,β-unsaturated/α-hetero) is 1. The van der Waals surface area contributed by atoms with E-state index >= 15 is 0 Å². The van der Waals surface area contributed by atoms with Gasteiger partial charge in [0.1, 0.15) is 11.9 Å². The lowest BCUT2D eigenvalue weighted by molar-refractivity contribution is -0.135. The molecule has 158 valence electrons. The van der Waals surface area contributed by atoms with Crippen LogP contribution in [0.15, 0.2) is 54.6 Å². The maximum Gasteiger partial charge on any atom is 0.251 e. The van der Waals surface area contributed by atoms with E-state index in [9.17, 15) is 18.8 Å². The highest BCUT2D eigenvalue weighted by atomic mass is 19.1. The van der Waals surface area contributed by atoms with Crippen LogP contribution in [0.1, 0.15) is 47.4 Å². The first-order valence-electron chi connectivity index (χ1n) is 10.3. The summed E-state index contributed by atoms with van der Waals surface area (Å²) in [5.41, 5.74) is 1.01. The van der Waals surface area contributed by atoms with Crippen molar-refractivity contribution in [1.29, 1.82) is 0 Å². The zero-order valence-corrected chi connectivity index (χ0v) is 17.3. The summed E-state index contributed by atoms with van der Waals surface area (Å²) in [5, 5.41) is 2.79. The standard InChI is InChI=1S/C24H27FN2O3/c1-16(2)21(26-23(29)19-8-10-20(25)11-9-19)24(30)27-14-12-18(13-15-27)22(28)17-6-4-3-5-7-17/h3-11,16,18,21H,12-15H2,1-2H3,(H,26,29)/t21-/m1/s1. The molecule has 0 aromatic heterocycles. The summed E-state index contributed by atoms with van der Waals surface area (Å²) in [5.74, 6) is -1.06. The molecule has 3 rings (SSSR count). The molecule has 1 saturated heterocycles. The third kappa shape index (κ3) is 5.12. The Balaban J connectivity index is 1.60. The lowest BCUT2D eigenvalue weighted by Gasteiger charge is -2.35. The van der Waals surface area contributed by atoms with Gasteiger partial charge in [-0.05, 0) is 43.0 Å². The number of ketones is 1. The van der Waals surface area contributed by atoms with Crippen LogP contribution in [-0.4, -0.2) is 41.6 Å². The van der Waals surface area contributed by atoms with Crippen LogP contribution in [0.5, 0.6) is 0 Å². The first-order valence-corrected chi connectivity index (χ1v) is 10.3. The third-order valence-corrected chi connectivity index (χ3v) is 5.56. The molecule has 30 heavy (non-hydrogen) atoms. The molecule has 1 aliphatic rings. The van der Waals surface area contributed by atoms with Crippen LogP contribution in [0, 0.1) is 17.7 Å². The molecule has 1 aliphatic heterocycles. The van der Waals surface area contributed by atoms with E-state index in [0.29, 0.717) is 37.1 Å². The number of hydrogen-bond acceptors (Lipinski definition) is 3. The molecular formula is C24H27FN2O3. The summed E-state index contributed by atoms with van der Waals surface area (Å²) in [6.45, 7) is 4.72. The van der Waals surface area contributed by atoms with Crippen molar-refractivity contribution < 1.29 is 18.8 Å². The molecule has 1 N–H and O–H groups in total. The number of piperidine rings is 1. The Bertz CT molecular complexity index is 888. The summed E-state index contributed by atoms with van der Waals surface area (Å²) >= 11 is 0. The first kappa shape index (κ1) is 21.7. The van der Waals surface area contributed by atoms with E-state index in [0.717, 1.165) is 0 Å². The Morgan fingerprint density at radius 3 is 2.10 bits per heavy atom. The van der Waals surface area contributed by atoms with Crippen molar-refractivity contribution in [3.05, 3.63) is 71.5 Å². The minimum atomic E-state index is -0.677. The van der Waals surface area contributed by atoms with Gasteiger partial charge in [-0.2, -0.15) is 0 Å². The smallest absolute Gasteiger partial charge is 0.251 e. The van der Waals surface area contributed by atoms with Gasteiger partial charge in [-0.3, -0.25) is 14.4 Å². The van der Waals surface area contributed by atoms with Crippen molar-refractivity contribution in [2.24, 2.45) is 11.8 Å². The molecular weight excluding hydrogens is 383 g/mol. The highest BCUT2D eigenvalue weighted by Gasteiger charge is 2.33. The maximum absolute atomic E-state index is 13.1. The number of benzene rings is 2. The summed E-state index contributed by atoms with van der Waals surface area (Å²) in [7, 11) is 0. The van der Waals surface area contributed by atoms with Crippen molar-refractivity contribution in [2.45, 2.75) is 32.7 Å². The fourth-order valence-corrected chi connectivity index (χ4v) is 3.74. The molecule has 0 unspecified atom stereocenters. The van der Waals surface area contributed by atoms with Gasteiger partial charge in [-0.15, -0.1) is 0 Å². The van der Waals surface area contributed by atoms with Crippen molar-refractivity contribution in [1.82, 2.24) is 10.2 Å². The van der Waals surface area contributed by atoms with Crippen LogP contribution in [0.4, 0.5) is 4.39 Å². The lowest BCUT2D eigenvalue weighted by atomic mass is 9.88. The van der Waals surface area contributed by atoms with Gasteiger partial charge in [0.05, 0.1) is 0 Å². The Hall–Kier alpha value is -3.02. The second-order valence-corrected chi connectivity index (χ2v) is 8.03. The lowest BCUT2D eigenvalue weighted by Crippen LogP contribution is -2.53. The Kier molecular flexibility index (Phi) is 6.98. The quantitative estimate of drug-likeness (QED) is 0.739. The van der Waals surface area contributed by atoms with E-state index in [1.165, 1.54) is 24.3 Å². The summed E-state index contributed by atoms with van der Waals surface area (Å²) in [4.78, 5) is 40.0. The molecule has 2 aromatic carbocycles. The number of halogens is 1. The fraction of sp³-hybridized carbons (Fsp3) is 0.375. The molecule has 1 fully saturated rings. The van der Waals surface area contributed by atoms with Crippen LogP contribution < -0.4 is 5.32 Å². The van der Waals surface area contributed by atoms with E-state index in [2.05, 4.69) is 5.32 Å². The molecule has 0 spiro atoms. The average Bonchev–Trinajstić information content (AvgIpc) is 2.77. The molecule has 0 bridgehead atoms. The molecule has 6 heteroatoms. The van der Waals surface area contributed by atoms with E-state index < -0.39 is 17.8 Å². The van der Waals surface area contributed by atoms with Crippen molar-refractivity contribution in [3.8, 4) is 0 Å². The van der Waals surface area contributed by atoms with Gasteiger partial charge >= 0.3 is 0 Å². The normalized spacial score (nSPS) is 15.7. The van der Waals surface area contributed by atoms with E-state index in [-0.39, 0.29) is 23.5 Å². The second kappa shape index (κ2) is 9.65. The number of nitrogens with zero attached hydrogens (tertiary/aromatic N) is 1. The molecule has 1 atom stereocenters. The van der Waals surface area contributed by atoms with Gasteiger partial charge < -0.3 is 10.2 Å². The van der Waals surface area contributed by atoms with Crippen LogP contribution in [0.3, 0.4) is 0 Å². The molecule has 0 radical (unpaired) electrons. The largest absolute Gasteiger partial charge is 0.341 e. The summed E-state index contributed by atoms with van der Waals surface area (Å²) in [6, 6.07) is 13.8. The molecule has 2 amide bonds. The van der Waals surface area contributed by atoms with Crippen LogP contribution in [0.2, 0.25) is 0 Å². The number of nitrogens with one attached hydrogen (secondary N) is 1. The van der Waals surface area contributed by atoms with Crippen molar-refractivity contribution >= 4 is 17.6 Å². The number of amides is 2. The number of hydrogen-bond donors (Lipinski definition) is 1. The predicted octanol–water partition coefficient (Wildman–Crippen LogP) is 3.70. The van der Waals surface area contributed by atoms with E-state index in [1.54, 1.807) is 4.90 Å². The maximum atomic E-state index is 13.1. The molecule has 5 nitrogen and oxygen atoms in total. The monoisotopic (exact) mass is 410 g/mol. The molecule has 2 aromatic rings.